The number of hydrogen-bond donors (Lipinski definition) is 0. The lowest BCUT2D eigenvalue weighted by Crippen LogP contribution is -2.50. The lowest BCUT2D eigenvalue weighted by molar-refractivity contribution is 0.0105. The Morgan fingerprint density at radius 2 is 2.00 bits per heavy atom. The average molecular weight is 371 g/mol. The molecule has 2 fully saturated rings. The van der Waals surface area contributed by atoms with E-state index in [9.17, 15) is 0 Å². The highest BCUT2D eigenvalue weighted by molar-refractivity contribution is 5.38. The molecule has 4 rings (SSSR count). The van der Waals surface area contributed by atoms with Crippen LogP contribution in [0.4, 0.5) is 5.82 Å². The number of piperidine rings is 1. The van der Waals surface area contributed by atoms with Gasteiger partial charge in [-0.3, -0.25) is 4.90 Å². The van der Waals surface area contributed by atoms with E-state index in [1.807, 2.05) is 26.8 Å². The molecule has 2 saturated heterocycles. The smallest absolute Gasteiger partial charge is 0.151 e. The summed E-state index contributed by atoms with van der Waals surface area (Å²) in [5.41, 5.74) is 3.30. The molecule has 0 aromatic carbocycles. The summed E-state index contributed by atoms with van der Waals surface area (Å²) in [5, 5.41) is 12.8. The highest BCUT2D eigenvalue weighted by Crippen LogP contribution is 2.35. The first-order chi connectivity index (χ1) is 13.0. The van der Waals surface area contributed by atoms with Crippen LogP contribution in [0.3, 0.4) is 0 Å². The van der Waals surface area contributed by atoms with E-state index >= 15 is 0 Å². The maximum atomic E-state index is 6.05. The van der Waals surface area contributed by atoms with E-state index in [0.717, 1.165) is 68.9 Å². The Balaban J connectivity index is 1.51. The molecule has 0 bridgehead atoms. The number of anilines is 1. The lowest BCUT2D eigenvalue weighted by Gasteiger charge is -2.43. The van der Waals surface area contributed by atoms with Gasteiger partial charge in [0.2, 0.25) is 0 Å². The van der Waals surface area contributed by atoms with Crippen molar-refractivity contribution >= 4 is 5.82 Å². The quantitative estimate of drug-likeness (QED) is 0.821. The van der Waals surface area contributed by atoms with Gasteiger partial charge in [-0.2, -0.15) is 5.10 Å². The van der Waals surface area contributed by atoms with Crippen LogP contribution in [0.1, 0.15) is 35.6 Å². The van der Waals surface area contributed by atoms with E-state index < -0.39 is 0 Å². The number of ether oxygens (including phenoxy) is 1. The van der Waals surface area contributed by atoms with E-state index in [4.69, 9.17) is 9.26 Å². The Kier molecular flexibility index (Phi) is 5.14. The third-order valence-corrected chi connectivity index (χ3v) is 5.85. The predicted octanol–water partition coefficient (Wildman–Crippen LogP) is 2.51. The normalized spacial score (nSPS) is 24.3. The van der Waals surface area contributed by atoms with Crippen molar-refractivity contribution in [1.29, 1.82) is 0 Å². The van der Waals surface area contributed by atoms with Crippen LogP contribution in [0.5, 0.6) is 0 Å². The molecular formula is C20H29N5O2. The van der Waals surface area contributed by atoms with Gasteiger partial charge in [0.05, 0.1) is 24.6 Å². The van der Waals surface area contributed by atoms with Gasteiger partial charge < -0.3 is 14.2 Å². The lowest BCUT2D eigenvalue weighted by atomic mass is 9.80. The van der Waals surface area contributed by atoms with Crippen molar-refractivity contribution in [2.24, 2.45) is 5.41 Å². The summed E-state index contributed by atoms with van der Waals surface area (Å²) in [6.45, 7) is 12.4. The fraction of sp³-hybridized carbons (Fsp3) is 0.650. The van der Waals surface area contributed by atoms with Crippen LogP contribution in [0.25, 0.3) is 0 Å². The van der Waals surface area contributed by atoms with Gasteiger partial charge in [0.15, 0.2) is 5.82 Å². The maximum Gasteiger partial charge on any atom is 0.151 e. The summed E-state index contributed by atoms with van der Waals surface area (Å²) in [7, 11) is 0. The molecule has 2 aromatic heterocycles. The molecule has 7 heteroatoms. The van der Waals surface area contributed by atoms with E-state index in [0.29, 0.717) is 0 Å². The Morgan fingerprint density at radius 3 is 2.74 bits per heavy atom. The van der Waals surface area contributed by atoms with E-state index in [-0.39, 0.29) is 5.41 Å². The van der Waals surface area contributed by atoms with Crippen molar-refractivity contribution in [1.82, 2.24) is 20.3 Å². The molecule has 0 radical (unpaired) electrons. The molecule has 4 heterocycles. The zero-order valence-electron chi connectivity index (χ0n) is 16.6. The zero-order chi connectivity index (χ0) is 18.9. The number of nitrogens with zero attached hydrogens (tertiary/aromatic N) is 5. The van der Waals surface area contributed by atoms with Crippen LogP contribution in [0.2, 0.25) is 0 Å². The third kappa shape index (κ3) is 3.99. The molecule has 146 valence electrons. The number of rotatable bonds is 3. The van der Waals surface area contributed by atoms with Crippen LogP contribution in [-0.4, -0.2) is 59.6 Å². The Bertz CT molecular complexity index is 756. The fourth-order valence-corrected chi connectivity index (χ4v) is 4.39. The molecule has 1 spiro atoms. The summed E-state index contributed by atoms with van der Waals surface area (Å²) in [6.07, 6.45) is 2.36. The first kappa shape index (κ1) is 18.4. The van der Waals surface area contributed by atoms with Crippen molar-refractivity contribution in [3.63, 3.8) is 0 Å². The fourth-order valence-electron chi connectivity index (χ4n) is 4.39. The highest BCUT2D eigenvalue weighted by Gasteiger charge is 2.39. The summed E-state index contributed by atoms with van der Waals surface area (Å²) < 4.78 is 11.4. The van der Waals surface area contributed by atoms with Gasteiger partial charge >= 0.3 is 0 Å². The Morgan fingerprint density at radius 1 is 1.11 bits per heavy atom. The molecule has 0 aliphatic carbocycles. The minimum atomic E-state index is 0.125. The van der Waals surface area contributed by atoms with Gasteiger partial charge in [-0.05, 0) is 52.3 Å². The van der Waals surface area contributed by atoms with Crippen LogP contribution in [-0.2, 0) is 11.3 Å². The summed E-state index contributed by atoms with van der Waals surface area (Å²) >= 11 is 0. The average Bonchev–Trinajstić information content (AvgIpc) is 2.86. The maximum absolute atomic E-state index is 6.05. The third-order valence-electron chi connectivity index (χ3n) is 5.85. The SMILES string of the molecule is Cc1ccc(N2CCOCC3(CCCN(Cc4c(C)noc4C)C3)C2)nn1. The molecule has 0 amide bonds. The predicted molar refractivity (Wildman–Crippen MR) is 103 cm³/mol. The van der Waals surface area contributed by atoms with Gasteiger partial charge in [0.25, 0.3) is 0 Å². The van der Waals surface area contributed by atoms with Crippen molar-refractivity contribution in [2.45, 2.75) is 40.2 Å². The highest BCUT2D eigenvalue weighted by atomic mass is 16.5. The summed E-state index contributed by atoms with van der Waals surface area (Å²) in [5.74, 6) is 1.88. The largest absolute Gasteiger partial charge is 0.379 e. The van der Waals surface area contributed by atoms with E-state index in [2.05, 4.69) is 31.2 Å². The molecule has 2 aliphatic heterocycles. The van der Waals surface area contributed by atoms with Crippen LogP contribution in [0, 0.1) is 26.2 Å². The van der Waals surface area contributed by atoms with Gasteiger partial charge in [0.1, 0.15) is 5.76 Å². The van der Waals surface area contributed by atoms with Crippen LogP contribution < -0.4 is 4.90 Å². The summed E-state index contributed by atoms with van der Waals surface area (Å²) in [4.78, 5) is 4.88. The van der Waals surface area contributed by atoms with Crippen molar-refractivity contribution in [3.05, 3.63) is 34.8 Å². The molecule has 7 nitrogen and oxygen atoms in total. The van der Waals surface area contributed by atoms with Gasteiger partial charge in [-0.15, -0.1) is 5.10 Å². The number of likely N-dealkylation sites (tertiary alicyclic amines) is 1. The number of hydrogen-bond acceptors (Lipinski definition) is 7. The zero-order valence-corrected chi connectivity index (χ0v) is 16.6. The van der Waals surface area contributed by atoms with Crippen LogP contribution >= 0.6 is 0 Å². The van der Waals surface area contributed by atoms with Gasteiger partial charge in [-0.1, -0.05) is 5.16 Å². The molecular weight excluding hydrogens is 342 g/mol. The minimum Gasteiger partial charge on any atom is -0.379 e. The number of aryl methyl sites for hydroxylation is 3. The van der Waals surface area contributed by atoms with Gasteiger partial charge in [-0.25, -0.2) is 0 Å². The molecule has 1 unspecified atom stereocenters. The monoisotopic (exact) mass is 371 g/mol. The molecule has 1 atom stereocenters. The van der Waals surface area contributed by atoms with Crippen LogP contribution in [0.15, 0.2) is 16.7 Å². The van der Waals surface area contributed by atoms with Crippen molar-refractivity contribution < 1.29 is 9.26 Å². The minimum absolute atomic E-state index is 0.125. The Labute approximate surface area is 160 Å². The second kappa shape index (κ2) is 7.56. The second-order valence-electron chi connectivity index (χ2n) is 8.12. The first-order valence-corrected chi connectivity index (χ1v) is 9.82. The van der Waals surface area contributed by atoms with E-state index in [1.165, 1.54) is 18.4 Å². The molecule has 2 aromatic rings. The molecule has 2 aliphatic rings. The Hall–Kier alpha value is -1.99. The second-order valence-corrected chi connectivity index (χ2v) is 8.12. The topological polar surface area (TPSA) is 67.5 Å². The van der Waals surface area contributed by atoms with Crippen molar-refractivity contribution in [2.75, 3.05) is 44.3 Å². The summed E-state index contributed by atoms with van der Waals surface area (Å²) in [6, 6.07) is 4.11. The number of aromatic nitrogens is 3. The van der Waals surface area contributed by atoms with E-state index in [1.54, 1.807) is 0 Å². The first-order valence-electron chi connectivity index (χ1n) is 9.82. The standard InChI is InChI=1S/C20H29N5O2/c1-15-5-6-19(22-21-15)25-9-10-26-14-20(13-25)7-4-8-24(12-20)11-18-16(2)23-27-17(18)3/h5-6H,4,7-14H2,1-3H3. The van der Waals surface area contributed by atoms with Gasteiger partial charge in [0, 0.05) is 37.2 Å². The van der Waals surface area contributed by atoms with Crippen molar-refractivity contribution in [3.8, 4) is 0 Å². The molecule has 0 N–H and O–H groups in total. The molecule has 27 heavy (non-hydrogen) atoms. The molecule has 0 saturated carbocycles.